The Kier molecular flexibility index (Phi) is 7.14. The minimum Gasteiger partial charge on any atom is -0.200 e. The van der Waals surface area contributed by atoms with Gasteiger partial charge in [0.25, 0.3) is 0 Å². The lowest BCUT2D eigenvalue weighted by atomic mass is 9.91. The smallest absolute Gasteiger partial charge is 0.200 e. The Morgan fingerprint density at radius 2 is 1.03 bits per heavy atom. The molecule has 0 heterocycles. The molecule has 1 aromatic rings. The first kappa shape index (κ1) is 26.1. The first-order chi connectivity index (χ1) is 12.7. The van der Waals surface area contributed by atoms with E-state index < -0.39 is 52.6 Å². The maximum absolute atomic E-state index is 13.8. The molecular weight excluding hydrogens is 554 g/mol. The topological polar surface area (TPSA) is 0 Å². The lowest BCUT2D eigenvalue weighted by Gasteiger charge is -2.40. The average Bonchev–Trinajstić information content (AvgIpc) is 2.53. The van der Waals surface area contributed by atoms with Gasteiger partial charge in [-0.2, -0.15) is 57.1 Å². The highest BCUT2D eigenvalue weighted by molar-refractivity contribution is 14.1. The van der Waals surface area contributed by atoms with Crippen LogP contribution in [0.15, 0.2) is 30.3 Å². The molecule has 0 aliphatic carbocycles. The van der Waals surface area contributed by atoms with Crippen LogP contribution in [0.3, 0.4) is 0 Å². The molecule has 0 bridgehead atoms. The van der Waals surface area contributed by atoms with E-state index in [1.165, 1.54) is 30.3 Å². The summed E-state index contributed by atoms with van der Waals surface area (Å²) in [5, 5.41) is 0. The molecule has 0 amide bonds. The van der Waals surface area contributed by atoms with Crippen LogP contribution in [-0.2, 0) is 6.42 Å². The third kappa shape index (κ3) is 4.55. The molecule has 1 unspecified atom stereocenters. The Labute approximate surface area is 168 Å². The highest BCUT2D eigenvalue weighted by Gasteiger charge is 2.90. The van der Waals surface area contributed by atoms with Gasteiger partial charge >= 0.3 is 35.8 Å². The minimum atomic E-state index is -7.86. The van der Waals surface area contributed by atoms with Crippen LogP contribution < -0.4 is 0 Å². The van der Waals surface area contributed by atoms with Gasteiger partial charge in [-0.3, -0.25) is 0 Å². The third-order valence-corrected chi connectivity index (χ3v) is 4.66. The van der Waals surface area contributed by atoms with E-state index in [0.717, 1.165) is 22.6 Å². The van der Waals surface area contributed by atoms with E-state index in [2.05, 4.69) is 0 Å². The second-order valence-corrected chi connectivity index (χ2v) is 7.75. The first-order valence-corrected chi connectivity index (χ1v) is 8.60. The Morgan fingerprint density at radius 1 is 0.621 bits per heavy atom. The predicted molar refractivity (Wildman–Crippen MR) is 83.4 cm³/mol. The van der Waals surface area contributed by atoms with Crippen LogP contribution in [0.5, 0.6) is 0 Å². The quantitative estimate of drug-likeness (QED) is 0.179. The molecule has 0 N–H and O–H groups in total. The van der Waals surface area contributed by atoms with Gasteiger partial charge in [-0.05, 0) is 12.0 Å². The molecule has 0 aliphatic rings. The fraction of sp³-hybridized carbons (Fsp3) is 0.600. The standard InChI is InChI=1S/C15H10F13I/c16-10(17,7-9(29)6-8-4-2-1-3-5-8)11(18,19)12(20,21)13(22,23)14(24,25)15(26,27)28/h1-5,9H,6-7H2. The highest BCUT2D eigenvalue weighted by atomic mass is 127. The second-order valence-electron chi connectivity index (χ2n) is 5.99. The van der Waals surface area contributed by atoms with E-state index >= 15 is 0 Å². The summed E-state index contributed by atoms with van der Waals surface area (Å²) in [5.74, 6) is -36.5. The van der Waals surface area contributed by atoms with Crippen molar-refractivity contribution in [2.24, 2.45) is 0 Å². The van der Waals surface area contributed by atoms with Crippen LogP contribution in [0.2, 0.25) is 0 Å². The summed E-state index contributed by atoms with van der Waals surface area (Å²) < 4.78 is 168. The van der Waals surface area contributed by atoms with E-state index in [-0.39, 0.29) is 5.56 Å². The largest absolute Gasteiger partial charge is 0.460 e. The monoisotopic (exact) mass is 564 g/mol. The second kappa shape index (κ2) is 7.94. The number of hydrogen-bond acceptors (Lipinski definition) is 0. The van der Waals surface area contributed by atoms with Crippen LogP contribution in [-0.4, -0.2) is 39.7 Å². The highest BCUT2D eigenvalue weighted by Crippen LogP contribution is 2.60. The molecule has 1 atom stereocenters. The maximum atomic E-state index is 13.8. The van der Waals surface area contributed by atoms with Gasteiger partial charge in [-0.15, -0.1) is 0 Å². The van der Waals surface area contributed by atoms with Crippen molar-refractivity contribution in [1.29, 1.82) is 0 Å². The lowest BCUT2D eigenvalue weighted by molar-refractivity contribution is -0.440. The lowest BCUT2D eigenvalue weighted by Crippen LogP contribution is -2.70. The summed E-state index contributed by atoms with van der Waals surface area (Å²) in [6.45, 7) is 0. The summed E-state index contributed by atoms with van der Waals surface area (Å²) in [6, 6.07) is 7.01. The minimum absolute atomic E-state index is 0.270. The van der Waals surface area contributed by atoms with Crippen molar-refractivity contribution in [3.63, 3.8) is 0 Å². The Hall–Kier alpha value is -0.960. The summed E-state index contributed by atoms with van der Waals surface area (Å²) in [5.41, 5.74) is 0.270. The van der Waals surface area contributed by atoms with Crippen molar-refractivity contribution in [3.05, 3.63) is 35.9 Å². The molecule has 0 saturated heterocycles. The van der Waals surface area contributed by atoms with E-state index in [1.54, 1.807) is 0 Å². The molecule has 0 aliphatic heterocycles. The van der Waals surface area contributed by atoms with E-state index in [4.69, 9.17) is 0 Å². The summed E-state index contributed by atoms with van der Waals surface area (Å²) in [6.07, 6.45) is -10.0. The number of rotatable bonds is 8. The summed E-state index contributed by atoms with van der Waals surface area (Å²) >= 11 is 1.11. The SMILES string of the molecule is FC(F)(F)C(F)(F)C(F)(F)C(F)(F)C(F)(F)C(F)(F)CC(I)Cc1ccccc1. The molecule has 1 aromatic carbocycles. The van der Waals surface area contributed by atoms with Gasteiger partial charge in [0.05, 0.1) is 0 Å². The van der Waals surface area contributed by atoms with E-state index in [1.807, 2.05) is 0 Å². The van der Waals surface area contributed by atoms with Crippen LogP contribution in [0.4, 0.5) is 57.1 Å². The molecule has 0 nitrogen and oxygen atoms in total. The Balaban J connectivity index is 3.21. The van der Waals surface area contributed by atoms with Crippen molar-refractivity contribution in [1.82, 2.24) is 0 Å². The predicted octanol–water partition coefficient (Wildman–Crippen LogP) is 7.16. The molecular formula is C15H10F13I. The molecule has 0 radical (unpaired) electrons. The van der Waals surface area contributed by atoms with Crippen molar-refractivity contribution in [3.8, 4) is 0 Å². The average molecular weight is 564 g/mol. The number of halogens is 14. The zero-order valence-electron chi connectivity index (χ0n) is 13.7. The van der Waals surface area contributed by atoms with Gasteiger partial charge in [0.2, 0.25) is 0 Å². The first-order valence-electron chi connectivity index (χ1n) is 7.36. The normalized spacial score (nSPS) is 16.1. The van der Waals surface area contributed by atoms with Gasteiger partial charge < -0.3 is 0 Å². The zero-order valence-corrected chi connectivity index (χ0v) is 15.8. The van der Waals surface area contributed by atoms with Crippen LogP contribution in [0.1, 0.15) is 12.0 Å². The summed E-state index contributed by atoms with van der Waals surface area (Å²) in [4.78, 5) is 0. The van der Waals surface area contributed by atoms with Gasteiger partial charge in [0, 0.05) is 10.3 Å². The molecule has 0 saturated carbocycles. The fourth-order valence-corrected chi connectivity index (χ4v) is 3.21. The Morgan fingerprint density at radius 3 is 1.45 bits per heavy atom. The van der Waals surface area contributed by atoms with E-state index in [9.17, 15) is 57.1 Å². The van der Waals surface area contributed by atoms with Crippen molar-refractivity contribution in [2.45, 2.75) is 52.6 Å². The van der Waals surface area contributed by atoms with Crippen molar-refractivity contribution < 1.29 is 57.1 Å². The molecule has 0 spiro atoms. The molecule has 1 rings (SSSR count). The zero-order chi connectivity index (χ0) is 23.1. The van der Waals surface area contributed by atoms with Crippen LogP contribution in [0.25, 0.3) is 0 Å². The fourth-order valence-electron chi connectivity index (χ4n) is 2.15. The van der Waals surface area contributed by atoms with Crippen molar-refractivity contribution in [2.75, 3.05) is 0 Å². The number of benzene rings is 1. The molecule has 168 valence electrons. The number of hydrogen-bond donors (Lipinski definition) is 0. The maximum Gasteiger partial charge on any atom is 0.460 e. The molecule has 29 heavy (non-hydrogen) atoms. The Bertz CT molecular complexity index is 681. The van der Waals surface area contributed by atoms with Gasteiger partial charge in [0.15, 0.2) is 0 Å². The molecule has 0 aromatic heterocycles. The summed E-state index contributed by atoms with van der Waals surface area (Å²) in [7, 11) is 0. The van der Waals surface area contributed by atoms with Crippen molar-refractivity contribution >= 4 is 22.6 Å². The van der Waals surface area contributed by atoms with Gasteiger partial charge in [-0.25, -0.2) is 0 Å². The number of alkyl halides is 14. The molecule has 0 fully saturated rings. The van der Waals surface area contributed by atoms with E-state index in [0.29, 0.717) is 0 Å². The third-order valence-electron chi connectivity index (χ3n) is 3.78. The van der Waals surface area contributed by atoms with Crippen LogP contribution in [0, 0.1) is 0 Å². The van der Waals surface area contributed by atoms with Gasteiger partial charge in [0.1, 0.15) is 0 Å². The molecule has 14 heteroatoms. The van der Waals surface area contributed by atoms with Gasteiger partial charge in [-0.1, -0.05) is 52.9 Å². The van der Waals surface area contributed by atoms with Crippen LogP contribution >= 0.6 is 22.6 Å².